The maximum absolute atomic E-state index is 12.6. The summed E-state index contributed by atoms with van der Waals surface area (Å²) in [7, 11) is 1.86. The molecule has 0 bridgehead atoms. The molecule has 0 radical (unpaired) electrons. The molecule has 0 fully saturated rings. The molecule has 0 spiro atoms. The molecule has 0 aliphatic heterocycles. The van der Waals surface area contributed by atoms with Gasteiger partial charge in [0.2, 0.25) is 0 Å². The van der Waals surface area contributed by atoms with Crippen molar-refractivity contribution in [2.75, 3.05) is 23.7 Å². The summed E-state index contributed by atoms with van der Waals surface area (Å²) in [5.41, 5.74) is 4.35. The van der Waals surface area contributed by atoms with Crippen molar-refractivity contribution in [2.45, 2.75) is 20.4 Å². The van der Waals surface area contributed by atoms with E-state index in [9.17, 15) is 4.79 Å². The van der Waals surface area contributed by atoms with E-state index in [1.807, 2.05) is 43.6 Å². The van der Waals surface area contributed by atoms with Crippen LogP contribution in [-0.2, 0) is 13.6 Å². The minimum atomic E-state index is -0.133. The van der Waals surface area contributed by atoms with E-state index < -0.39 is 0 Å². The number of amides is 1. The number of hydrogen-bond donors (Lipinski definition) is 2. The lowest BCUT2D eigenvalue weighted by Crippen LogP contribution is -2.22. The Labute approximate surface area is 166 Å². The highest BCUT2D eigenvalue weighted by atomic mass is 16.1. The lowest BCUT2D eigenvalue weighted by Gasteiger charge is -2.18. The number of nitrogens with one attached hydrogen (secondary N) is 2. The largest absolute Gasteiger partial charge is 0.353 e. The molecule has 1 amide bonds. The summed E-state index contributed by atoms with van der Waals surface area (Å²) >= 11 is 0. The van der Waals surface area contributed by atoms with Gasteiger partial charge < -0.3 is 10.6 Å². The van der Waals surface area contributed by atoms with Crippen LogP contribution in [0.1, 0.15) is 29.8 Å². The van der Waals surface area contributed by atoms with Gasteiger partial charge in [-0.25, -0.2) is 0 Å². The fourth-order valence-electron chi connectivity index (χ4n) is 2.99. The van der Waals surface area contributed by atoms with Crippen molar-refractivity contribution in [3.8, 4) is 0 Å². The summed E-state index contributed by atoms with van der Waals surface area (Å²) in [6, 6.07) is 15.5. The molecule has 2 N–H and O–H groups in total. The van der Waals surface area contributed by atoms with Crippen LogP contribution in [0.3, 0.4) is 0 Å². The molecule has 28 heavy (non-hydrogen) atoms. The zero-order valence-corrected chi connectivity index (χ0v) is 16.6. The van der Waals surface area contributed by atoms with Gasteiger partial charge in [-0.05, 0) is 49.0 Å². The number of carbonyl (C=O) groups excluding carboxylic acids is 1. The normalized spacial score (nSPS) is 10.9. The smallest absolute Gasteiger partial charge is 0.255 e. The predicted octanol–water partition coefficient (Wildman–Crippen LogP) is 4.26. The Morgan fingerprint density at radius 1 is 1.04 bits per heavy atom. The van der Waals surface area contributed by atoms with Crippen LogP contribution in [0.2, 0.25) is 0 Å². The molecule has 6 heteroatoms. The SMILES string of the molecule is CCN(CC)Cc1ccc(NC(=O)c2cccc(Nc3cnn(C)c3)c2)cc1. The van der Waals surface area contributed by atoms with Gasteiger partial charge in [0, 0.05) is 36.7 Å². The second kappa shape index (κ2) is 9.19. The number of benzene rings is 2. The summed E-state index contributed by atoms with van der Waals surface area (Å²) in [6.45, 7) is 7.30. The van der Waals surface area contributed by atoms with Gasteiger partial charge in [-0.3, -0.25) is 14.4 Å². The molecular weight excluding hydrogens is 350 g/mol. The number of carbonyl (C=O) groups is 1. The second-order valence-corrected chi connectivity index (χ2v) is 6.72. The molecule has 1 aromatic heterocycles. The zero-order chi connectivity index (χ0) is 19.9. The van der Waals surface area contributed by atoms with E-state index in [1.165, 1.54) is 5.56 Å². The molecule has 0 atom stereocenters. The van der Waals surface area contributed by atoms with E-state index in [-0.39, 0.29) is 5.91 Å². The van der Waals surface area contributed by atoms with Gasteiger partial charge in [-0.15, -0.1) is 0 Å². The van der Waals surface area contributed by atoms with Gasteiger partial charge in [0.25, 0.3) is 5.91 Å². The van der Waals surface area contributed by atoms with E-state index in [2.05, 4.69) is 46.6 Å². The predicted molar refractivity (Wildman–Crippen MR) is 114 cm³/mol. The van der Waals surface area contributed by atoms with Crippen molar-refractivity contribution < 1.29 is 4.79 Å². The molecule has 6 nitrogen and oxygen atoms in total. The Morgan fingerprint density at radius 2 is 1.79 bits per heavy atom. The Hall–Kier alpha value is -3.12. The van der Waals surface area contributed by atoms with Gasteiger partial charge in [-0.2, -0.15) is 5.10 Å². The van der Waals surface area contributed by atoms with Crippen LogP contribution in [0.5, 0.6) is 0 Å². The summed E-state index contributed by atoms with van der Waals surface area (Å²) in [5, 5.41) is 10.4. The number of nitrogens with zero attached hydrogens (tertiary/aromatic N) is 3. The monoisotopic (exact) mass is 377 g/mol. The summed E-state index contributed by atoms with van der Waals surface area (Å²) in [6.07, 6.45) is 3.62. The van der Waals surface area contributed by atoms with Crippen molar-refractivity contribution in [3.05, 3.63) is 72.1 Å². The molecule has 1 heterocycles. The van der Waals surface area contributed by atoms with Crippen LogP contribution in [0.25, 0.3) is 0 Å². The first-order valence-electron chi connectivity index (χ1n) is 9.55. The van der Waals surface area contributed by atoms with E-state index in [4.69, 9.17) is 0 Å². The molecule has 0 unspecified atom stereocenters. The maximum atomic E-state index is 12.6. The summed E-state index contributed by atoms with van der Waals surface area (Å²) < 4.78 is 1.72. The fourth-order valence-corrected chi connectivity index (χ4v) is 2.99. The average molecular weight is 377 g/mol. The van der Waals surface area contributed by atoms with Crippen LogP contribution in [0.15, 0.2) is 60.9 Å². The molecule has 146 valence electrons. The third-order valence-electron chi connectivity index (χ3n) is 4.63. The number of anilines is 3. The molecule has 3 aromatic rings. The van der Waals surface area contributed by atoms with Crippen LogP contribution < -0.4 is 10.6 Å². The number of aromatic nitrogens is 2. The number of aryl methyl sites for hydroxylation is 1. The highest BCUT2D eigenvalue weighted by molar-refractivity contribution is 6.04. The van der Waals surface area contributed by atoms with Gasteiger partial charge in [0.05, 0.1) is 11.9 Å². The second-order valence-electron chi connectivity index (χ2n) is 6.72. The van der Waals surface area contributed by atoms with Gasteiger partial charge in [0.1, 0.15) is 0 Å². The molecule has 0 saturated heterocycles. The van der Waals surface area contributed by atoms with Crippen LogP contribution >= 0.6 is 0 Å². The summed E-state index contributed by atoms with van der Waals surface area (Å²) in [5.74, 6) is -0.133. The number of rotatable bonds is 8. The maximum Gasteiger partial charge on any atom is 0.255 e. The quantitative estimate of drug-likeness (QED) is 0.616. The van der Waals surface area contributed by atoms with E-state index in [0.717, 1.165) is 36.7 Å². The molecule has 0 saturated carbocycles. The van der Waals surface area contributed by atoms with Crippen LogP contribution in [0, 0.1) is 0 Å². The third-order valence-corrected chi connectivity index (χ3v) is 4.63. The summed E-state index contributed by atoms with van der Waals surface area (Å²) in [4.78, 5) is 15.0. The van der Waals surface area contributed by atoms with Crippen LogP contribution in [0.4, 0.5) is 17.1 Å². The van der Waals surface area contributed by atoms with Crippen molar-refractivity contribution in [2.24, 2.45) is 7.05 Å². The highest BCUT2D eigenvalue weighted by Crippen LogP contribution is 2.18. The molecule has 0 aliphatic rings. The minimum Gasteiger partial charge on any atom is -0.353 e. The van der Waals surface area contributed by atoms with Crippen molar-refractivity contribution in [3.63, 3.8) is 0 Å². The Balaban J connectivity index is 1.63. The first kappa shape index (κ1) is 19.6. The Morgan fingerprint density at radius 3 is 2.43 bits per heavy atom. The average Bonchev–Trinajstić information content (AvgIpc) is 3.12. The van der Waals surface area contributed by atoms with Crippen LogP contribution in [-0.4, -0.2) is 33.7 Å². The Kier molecular flexibility index (Phi) is 6.45. The van der Waals surface area contributed by atoms with Crippen molar-refractivity contribution in [1.82, 2.24) is 14.7 Å². The third kappa shape index (κ3) is 5.20. The van der Waals surface area contributed by atoms with E-state index in [0.29, 0.717) is 5.56 Å². The van der Waals surface area contributed by atoms with Crippen molar-refractivity contribution >= 4 is 23.0 Å². The van der Waals surface area contributed by atoms with Gasteiger partial charge in [0.15, 0.2) is 0 Å². The molecule has 0 aliphatic carbocycles. The van der Waals surface area contributed by atoms with Gasteiger partial charge in [-0.1, -0.05) is 32.0 Å². The van der Waals surface area contributed by atoms with Gasteiger partial charge >= 0.3 is 0 Å². The molecular formula is C22H27N5O. The standard InChI is InChI=1S/C22H27N5O/c1-4-27(5-2)15-17-9-11-19(12-10-17)25-22(28)18-7-6-8-20(13-18)24-21-14-23-26(3)16-21/h6-14,16,24H,4-5,15H2,1-3H3,(H,25,28). The van der Waals surface area contributed by atoms with E-state index >= 15 is 0 Å². The topological polar surface area (TPSA) is 62.2 Å². The van der Waals surface area contributed by atoms with Crippen molar-refractivity contribution in [1.29, 1.82) is 0 Å². The first-order chi connectivity index (χ1) is 13.6. The molecule has 2 aromatic carbocycles. The lowest BCUT2D eigenvalue weighted by atomic mass is 10.1. The zero-order valence-electron chi connectivity index (χ0n) is 16.6. The Bertz CT molecular complexity index is 913. The fraction of sp³-hybridized carbons (Fsp3) is 0.273. The molecule has 3 rings (SSSR count). The lowest BCUT2D eigenvalue weighted by molar-refractivity contribution is 0.102. The minimum absolute atomic E-state index is 0.133. The van der Waals surface area contributed by atoms with E-state index in [1.54, 1.807) is 16.9 Å². The number of hydrogen-bond acceptors (Lipinski definition) is 4. The highest BCUT2D eigenvalue weighted by Gasteiger charge is 2.08. The first-order valence-corrected chi connectivity index (χ1v) is 9.55.